The number of fused-ring (bicyclic) bond motifs is 1. The number of nitrogens with zero attached hydrogens (tertiary/aromatic N) is 2. The van der Waals surface area contributed by atoms with E-state index in [-0.39, 0.29) is 6.10 Å². The molecular formula is C20H24N2O3. The summed E-state index contributed by atoms with van der Waals surface area (Å²) >= 11 is 0. The highest BCUT2D eigenvalue weighted by Crippen LogP contribution is 2.44. The topological polar surface area (TPSA) is 47.7 Å². The molecule has 0 N–H and O–H groups in total. The third-order valence-corrected chi connectivity index (χ3v) is 5.70. The first-order valence-corrected chi connectivity index (χ1v) is 9.25. The Morgan fingerprint density at radius 1 is 1.20 bits per heavy atom. The molecule has 5 nitrogen and oxygen atoms in total. The lowest BCUT2D eigenvalue weighted by Crippen LogP contribution is -2.27. The zero-order chi connectivity index (χ0) is 16.8. The lowest BCUT2D eigenvalue weighted by molar-refractivity contribution is 0.00763. The van der Waals surface area contributed by atoms with Crippen molar-refractivity contribution in [1.29, 1.82) is 0 Å². The van der Waals surface area contributed by atoms with Crippen LogP contribution in [0.4, 0.5) is 0 Å². The van der Waals surface area contributed by atoms with Crippen LogP contribution in [0.3, 0.4) is 0 Å². The quantitative estimate of drug-likeness (QED) is 0.837. The molecule has 132 valence electrons. The largest absolute Gasteiger partial charge is 0.374 e. The Labute approximate surface area is 147 Å². The van der Waals surface area contributed by atoms with Gasteiger partial charge >= 0.3 is 0 Å². The van der Waals surface area contributed by atoms with Gasteiger partial charge in [-0.25, -0.2) is 0 Å². The zero-order valence-electron chi connectivity index (χ0n) is 14.6. The SMILES string of the molecule is CN1CC2OCC(OCc3c(-c4ccccc4)noc3C3CC3)C2C1. The molecule has 5 heteroatoms. The summed E-state index contributed by atoms with van der Waals surface area (Å²) in [5, 5.41) is 4.38. The molecule has 1 aromatic heterocycles. The molecule has 3 fully saturated rings. The predicted octanol–water partition coefficient (Wildman–Crippen LogP) is 3.06. The van der Waals surface area contributed by atoms with Crippen LogP contribution in [0.15, 0.2) is 34.9 Å². The average Bonchev–Trinajstić information content (AvgIpc) is 3.12. The van der Waals surface area contributed by atoms with Gasteiger partial charge in [0.2, 0.25) is 0 Å². The van der Waals surface area contributed by atoms with E-state index in [1.807, 2.05) is 18.2 Å². The lowest BCUT2D eigenvalue weighted by Gasteiger charge is -2.18. The summed E-state index contributed by atoms with van der Waals surface area (Å²) in [5.41, 5.74) is 3.16. The fourth-order valence-corrected chi connectivity index (χ4v) is 4.18. The van der Waals surface area contributed by atoms with Crippen molar-refractivity contribution >= 4 is 0 Å². The Morgan fingerprint density at radius 3 is 2.84 bits per heavy atom. The molecule has 3 aliphatic rings. The monoisotopic (exact) mass is 340 g/mol. The number of likely N-dealkylation sites (N-methyl/N-ethyl adjacent to an activating group) is 1. The zero-order valence-corrected chi connectivity index (χ0v) is 14.6. The second-order valence-corrected chi connectivity index (χ2v) is 7.62. The standard InChI is InChI=1S/C20H24N2O3/c1-22-9-15-17(10-22)24-12-18(15)23-11-16-19(13-5-3-2-4-6-13)21-25-20(16)14-7-8-14/h2-6,14-15,17-18H,7-12H2,1H3. The van der Waals surface area contributed by atoms with Crippen LogP contribution in [0.5, 0.6) is 0 Å². The second kappa shape index (κ2) is 6.24. The minimum absolute atomic E-state index is 0.167. The fraction of sp³-hybridized carbons (Fsp3) is 0.550. The summed E-state index contributed by atoms with van der Waals surface area (Å²) < 4.78 is 18.0. The third kappa shape index (κ3) is 2.90. The van der Waals surface area contributed by atoms with E-state index in [2.05, 4.69) is 29.2 Å². The van der Waals surface area contributed by atoms with Crippen molar-refractivity contribution in [2.75, 3.05) is 26.7 Å². The number of hydrogen-bond acceptors (Lipinski definition) is 5. The molecule has 3 unspecified atom stereocenters. The summed E-state index contributed by atoms with van der Waals surface area (Å²) in [5.74, 6) is 2.03. The number of rotatable bonds is 5. The maximum absolute atomic E-state index is 6.34. The molecule has 0 amide bonds. The van der Waals surface area contributed by atoms with E-state index in [1.165, 1.54) is 12.8 Å². The van der Waals surface area contributed by atoms with Crippen molar-refractivity contribution in [1.82, 2.24) is 10.1 Å². The molecule has 3 heterocycles. The van der Waals surface area contributed by atoms with Gasteiger partial charge in [0.15, 0.2) is 0 Å². The van der Waals surface area contributed by atoms with Crippen LogP contribution >= 0.6 is 0 Å². The van der Waals surface area contributed by atoms with E-state index >= 15 is 0 Å². The second-order valence-electron chi connectivity index (χ2n) is 7.62. The molecule has 1 aliphatic carbocycles. The normalized spacial score (nSPS) is 29.2. The Kier molecular flexibility index (Phi) is 3.88. The first-order valence-electron chi connectivity index (χ1n) is 9.25. The highest BCUT2D eigenvalue weighted by Gasteiger charge is 2.43. The van der Waals surface area contributed by atoms with E-state index in [9.17, 15) is 0 Å². The molecule has 3 atom stereocenters. The van der Waals surface area contributed by atoms with Gasteiger partial charge in [-0.2, -0.15) is 0 Å². The van der Waals surface area contributed by atoms with Crippen molar-refractivity contribution in [3.05, 3.63) is 41.7 Å². The number of ether oxygens (including phenoxy) is 2. The van der Waals surface area contributed by atoms with Gasteiger partial charge in [0.25, 0.3) is 0 Å². The van der Waals surface area contributed by atoms with Gasteiger partial charge < -0.3 is 18.9 Å². The van der Waals surface area contributed by atoms with Crippen LogP contribution in [0.25, 0.3) is 11.3 Å². The van der Waals surface area contributed by atoms with E-state index < -0.39 is 0 Å². The van der Waals surface area contributed by atoms with Crippen LogP contribution in [0.2, 0.25) is 0 Å². The van der Waals surface area contributed by atoms with Crippen molar-refractivity contribution < 1.29 is 14.0 Å². The molecule has 5 rings (SSSR count). The van der Waals surface area contributed by atoms with Crippen molar-refractivity contribution in [3.8, 4) is 11.3 Å². The molecule has 0 bridgehead atoms. The van der Waals surface area contributed by atoms with Gasteiger partial charge in [0, 0.05) is 36.1 Å². The molecule has 1 saturated carbocycles. The number of aromatic nitrogens is 1. The van der Waals surface area contributed by atoms with Crippen molar-refractivity contribution in [2.45, 2.75) is 37.6 Å². The highest BCUT2D eigenvalue weighted by molar-refractivity contribution is 5.63. The summed E-state index contributed by atoms with van der Waals surface area (Å²) in [6, 6.07) is 10.3. The lowest BCUT2D eigenvalue weighted by atomic mass is 10.0. The Bertz CT molecular complexity index is 741. The van der Waals surface area contributed by atoms with Crippen LogP contribution in [-0.4, -0.2) is 49.0 Å². The number of likely N-dealkylation sites (tertiary alicyclic amines) is 1. The average molecular weight is 340 g/mol. The van der Waals surface area contributed by atoms with Gasteiger partial charge in [0.05, 0.1) is 25.4 Å². The highest BCUT2D eigenvalue weighted by atomic mass is 16.6. The Balaban J connectivity index is 1.37. The molecule has 1 aromatic carbocycles. The number of benzene rings is 1. The van der Waals surface area contributed by atoms with Crippen LogP contribution < -0.4 is 0 Å². The molecule has 0 spiro atoms. The Morgan fingerprint density at radius 2 is 2.04 bits per heavy atom. The van der Waals surface area contributed by atoms with Gasteiger partial charge in [-0.05, 0) is 19.9 Å². The fourth-order valence-electron chi connectivity index (χ4n) is 4.18. The summed E-state index contributed by atoms with van der Waals surface area (Å²) in [6.07, 6.45) is 2.88. The van der Waals surface area contributed by atoms with Crippen molar-refractivity contribution in [3.63, 3.8) is 0 Å². The summed E-state index contributed by atoms with van der Waals surface area (Å²) in [4.78, 5) is 2.33. The van der Waals surface area contributed by atoms with Crippen LogP contribution in [-0.2, 0) is 16.1 Å². The minimum Gasteiger partial charge on any atom is -0.374 e. The van der Waals surface area contributed by atoms with Crippen LogP contribution in [0, 0.1) is 5.92 Å². The van der Waals surface area contributed by atoms with Gasteiger partial charge in [-0.3, -0.25) is 0 Å². The summed E-state index contributed by atoms with van der Waals surface area (Å²) in [7, 11) is 2.15. The first kappa shape index (κ1) is 15.6. The first-order chi connectivity index (χ1) is 12.3. The molecule has 2 saturated heterocycles. The van der Waals surface area contributed by atoms with Gasteiger partial charge in [-0.1, -0.05) is 35.5 Å². The predicted molar refractivity (Wildman–Crippen MR) is 93.2 cm³/mol. The van der Waals surface area contributed by atoms with Gasteiger partial charge in [-0.15, -0.1) is 0 Å². The molecule has 25 heavy (non-hydrogen) atoms. The molecule has 2 aliphatic heterocycles. The van der Waals surface area contributed by atoms with E-state index in [0.29, 0.717) is 31.2 Å². The molecule has 0 radical (unpaired) electrons. The van der Waals surface area contributed by atoms with E-state index in [4.69, 9.17) is 14.0 Å². The molecular weight excluding hydrogens is 316 g/mol. The summed E-state index contributed by atoms with van der Waals surface area (Å²) in [6.45, 7) is 3.33. The smallest absolute Gasteiger partial charge is 0.145 e. The maximum Gasteiger partial charge on any atom is 0.145 e. The molecule has 2 aromatic rings. The van der Waals surface area contributed by atoms with Gasteiger partial charge in [0.1, 0.15) is 11.5 Å². The van der Waals surface area contributed by atoms with Crippen molar-refractivity contribution in [2.24, 2.45) is 5.92 Å². The minimum atomic E-state index is 0.167. The third-order valence-electron chi connectivity index (χ3n) is 5.70. The van der Waals surface area contributed by atoms with Crippen LogP contribution in [0.1, 0.15) is 30.1 Å². The Hall–Kier alpha value is -1.69. The van der Waals surface area contributed by atoms with E-state index in [1.54, 1.807) is 0 Å². The maximum atomic E-state index is 6.34. The number of hydrogen-bond donors (Lipinski definition) is 0. The van der Waals surface area contributed by atoms with E-state index in [0.717, 1.165) is 35.7 Å².